The van der Waals surface area contributed by atoms with E-state index in [1.807, 2.05) is 5.38 Å². The molecule has 2 heterocycles. The van der Waals surface area contributed by atoms with Crippen molar-refractivity contribution in [3.63, 3.8) is 0 Å². The predicted molar refractivity (Wildman–Crippen MR) is 55.1 cm³/mol. The van der Waals surface area contributed by atoms with Crippen molar-refractivity contribution in [2.75, 3.05) is 13.1 Å². The van der Waals surface area contributed by atoms with E-state index in [4.69, 9.17) is 5.11 Å². The van der Waals surface area contributed by atoms with Gasteiger partial charge in [0.05, 0.1) is 17.0 Å². The average Bonchev–Trinajstić information content (AvgIpc) is 2.71. The zero-order chi connectivity index (χ0) is 10.8. The number of amides is 1. The highest BCUT2D eigenvalue weighted by Crippen LogP contribution is 2.28. The molecule has 1 aliphatic heterocycles. The van der Waals surface area contributed by atoms with Gasteiger partial charge in [-0.15, -0.1) is 11.3 Å². The van der Waals surface area contributed by atoms with Gasteiger partial charge in [0.25, 0.3) is 0 Å². The molecule has 5 nitrogen and oxygen atoms in total. The topological polar surface area (TPSA) is 73.7 Å². The van der Waals surface area contributed by atoms with Crippen molar-refractivity contribution in [2.24, 2.45) is 0 Å². The molecule has 2 N–H and O–H groups in total. The van der Waals surface area contributed by atoms with Crippen LogP contribution in [0.2, 0.25) is 0 Å². The lowest BCUT2D eigenvalue weighted by molar-refractivity contribution is 0.0585. The Balaban J connectivity index is 2.12. The van der Waals surface area contributed by atoms with Crippen LogP contribution in [0.25, 0.3) is 0 Å². The summed E-state index contributed by atoms with van der Waals surface area (Å²) >= 11 is 1.46. The average molecular weight is 228 g/mol. The maximum Gasteiger partial charge on any atom is 0.407 e. The number of likely N-dealkylation sites (tertiary alicyclic amines) is 1. The highest BCUT2D eigenvalue weighted by Gasteiger charge is 2.32. The minimum Gasteiger partial charge on any atom is -0.465 e. The number of hydrogen-bond donors (Lipinski definition) is 2. The summed E-state index contributed by atoms with van der Waals surface area (Å²) in [7, 11) is 0. The molecule has 1 aromatic heterocycles. The first kappa shape index (κ1) is 10.4. The normalized spacial score (nSPS) is 26.6. The summed E-state index contributed by atoms with van der Waals surface area (Å²) in [5.74, 6) is -0.171. The van der Waals surface area contributed by atoms with Crippen molar-refractivity contribution in [1.82, 2.24) is 9.88 Å². The number of piperidine rings is 1. The van der Waals surface area contributed by atoms with Gasteiger partial charge in [-0.1, -0.05) is 0 Å². The molecule has 0 aliphatic carbocycles. The molecule has 0 spiro atoms. The number of carboxylic acid groups (broad SMARTS) is 1. The largest absolute Gasteiger partial charge is 0.465 e. The summed E-state index contributed by atoms with van der Waals surface area (Å²) in [5.41, 5.74) is 0. The van der Waals surface area contributed by atoms with Crippen molar-refractivity contribution >= 4 is 17.4 Å². The Labute approximate surface area is 91.0 Å². The predicted octanol–water partition coefficient (Wildman–Crippen LogP) is 0.971. The van der Waals surface area contributed by atoms with E-state index in [2.05, 4.69) is 4.98 Å². The van der Waals surface area contributed by atoms with Gasteiger partial charge in [-0.3, -0.25) is 0 Å². The third-order valence-electron chi connectivity index (χ3n) is 2.62. The number of aliphatic hydroxyl groups excluding tert-OH is 1. The number of nitrogens with zero attached hydrogens (tertiary/aromatic N) is 2. The summed E-state index contributed by atoms with van der Waals surface area (Å²) in [5, 5.41) is 21.3. The molecule has 0 unspecified atom stereocenters. The summed E-state index contributed by atoms with van der Waals surface area (Å²) in [6.07, 6.45) is 0.749. The lowest BCUT2D eigenvalue weighted by Gasteiger charge is -2.33. The van der Waals surface area contributed by atoms with Crippen LogP contribution < -0.4 is 0 Å². The van der Waals surface area contributed by atoms with Crippen LogP contribution in [-0.2, 0) is 0 Å². The van der Waals surface area contributed by atoms with Crippen molar-refractivity contribution in [3.8, 4) is 0 Å². The van der Waals surface area contributed by atoms with Gasteiger partial charge in [-0.05, 0) is 6.42 Å². The maximum atomic E-state index is 10.8. The molecule has 0 bridgehead atoms. The molecule has 0 aromatic carbocycles. The summed E-state index contributed by atoms with van der Waals surface area (Å²) < 4.78 is 0. The Kier molecular flexibility index (Phi) is 2.88. The van der Waals surface area contributed by atoms with Crippen molar-refractivity contribution in [2.45, 2.75) is 18.4 Å². The lowest BCUT2D eigenvalue weighted by Crippen LogP contribution is -2.44. The fourth-order valence-corrected chi connectivity index (χ4v) is 2.56. The van der Waals surface area contributed by atoms with Crippen LogP contribution in [0.1, 0.15) is 17.3 Å². The van der Waals surface area contributed by atoms with Gasteiger partial charge in [0.1, 0.15) is 0 Å². The molecule has 1 fully saturated rings. The fourth-order valence-electron chi connectivity index (χ4n) is 1.77. The van der Waals surface area contributed by atoms with Gasteiger partial charge in [-0.2, -0.15) is 0 Å². The molecule has 1 aliphatic rings. The van der Waals surface area contributed by atoms with Crippen LogP contribution in [-0.4, -0.2) is 45.4 Å². The third-order valence-corrected chi connectivity index (χ3v) is 3.52. The van der Waals surface area contributed by atoms with E-state index >= 15 is 0 Å². The highest BCUT2D eigenvalue weighted by molar-refractivity contribution is 7.09. The maximum absolute atomic E-state index is 10.8. The van der Waals surface area contributed by atoms with Gasteiger partial charge in [-0.25, -0.2) is 9.78 Å². The van der Waals surface area contributed by atoms with E-state index in [-0.39, 0.29) is 5.92 Å². The van der Waals surface area contributed by atoms with Crippen molar-refractivity contribution < 1.29 is 15.0 Å². The number of carbonyl (C=O) groups is 1. The molecule has 6 heteroatoms. The van der Waals surface area contributed by atoms with E-state index in [1.54, 1.807) is 6.20 Å². The summed E-state index contributed by atoms with van der Waals surface area (Å²) in [6, 6.07) is 0. The Morgan fingerprint density at radius 3 is 3.07 bits per heavy atom. The smallest absolute Gasteiger partial charge is 0.407 e. The first-order valence-corrected chi connectivity index (χ1v) is 5.62. The van der Waals surface area contributed by atoms with Crippen molar-refractivity contribution in [3.05, 3.63) is 16.6 Å². The lowest BCUT2D eigenvalue weighted by atomic mass is 9.96. The molecule has 0 radical (unpaired) electrons. The summed E-state index contributed by atoms with van der Waals surface area (Å²) in [4.78, 5) is 16.3. The standard InChI is InChI=1S/C9H12N2O3S/c12-7-1-3-11(9(13)14)5-6(7)8-10-2-4-15-8/h2,4,6-7,12H,1,3,5H2,(H,13,14)/t6-,7-/m1/s1. The highest BCUT2D eigenvalue weighted by atomic mass is 32.1. The van der Waals surface area contributed by atoms with Gasteiger partial charge >= 0.3 is 6.09 Å². The molecule has 1 aromatic rings. The number of thiazole rings is 1. The molecular formula is C9H12N2O3S. The number of aliphatic hydroxyl groups is 1. The van der Waals surface area contributed by atoms with Crippen LogP contribution in [0.15, 0.2) is 11.6 Å². The SMILES string of the molecule is O=C(O)N1CC[C@@H](O)[C@H](c2nccs2)C1. The minimum atomic E-state index is -0.927. The molecule has 2 rings (SSSR count). The van der Waals surface area contributed by atoms with Crippen molar-refractivity contribution in [1.29, 1.82) is 0 Å². The second-order valence-corrected chi connectivity index (χ2v) is 4.49. The Hall–Kier alpha value is -1.14. The van der Waals surface area contributed by atoms with E-state index in [1.165, 1.54) is 16.2 Å². The van der Waals surface area contributed by atoms with Gasteiger partial charge in [0.15, 0.2) is 0 Å². The van der Waals surface area contributed by atoms with E-state index in [0.717, 1.165) is 5.01 Å². The van der Waals surface area contributed by atoms with E-state index < -0.39 is 12.2 Å². The Morgan fingerprint density at radius 1 is 1.67 bits per heavy atom. The molecule has 1 saturated heterocycles. The van der Waals surface area contributed by atoms with Crippen LogP contribution in [0.4, 0.5) is 4.79 Å². The Bertz CT molecular complexity index is 341. The zero-order valence-electron chi connectivity index (χ0n) is 8.04. The first-order chi connectivity index (χ1) is 7.18. The van der Waals surface area contributed by atoms with Crippen LogP contribution in [0, 0.1) is 0 Å². The molecule has 0 saturated carbocycles. The van der Waals surface area contributed by atoms with Crippen LogP contribution in [0.3, 0.4) is 0 Å². The zero-order valence-corrected chi connectivity index (χ0v) is 8.85. The second kappa shape index (κ2) is 4.16. The van der Waals surface area contributed by atoms with Gasteiger partial charge in [0.2, 0.25) is 0 Å². The Morgan fingerprint density at radius 2 is 2.47 bits per heavy atom. The first-order valence-electron chi connectivity index (χ1n) is 4.74. The quantitative estimate of drug-likeness (QED) is 0.751. The summed E-state index contributed by atoms with van der Waals surface area (Å²) in [6.45, 7) is 0.738. The van der Waals surface area contributed by atoms with Gasteiger partial charge < -0.3 is 15.1 Å². The second-order valence-electron chi connectivity index (χ2n) is 3.56. The minimum absolute atomic E-state index is 0.171. The van der Waals surface area contributed by atoms with Crippen LogP contribution >= 0.6 is 11.3 Å². The molecular weight excluding hydrogens is 216 g/mol. The molecule has 2 atom stereocenters. The molecule has 1 amide bonds. The van der Waals surface area contributed by atoms with E-state index in [9.17, 15) is 9.90 Å². The number of hydrogen-bond acceptors (Lipinski definition) is 4. The monoisotopic (exact) mass is 228 g/mol. The van der Waals surface area contributed by atoms with Gasteiger partial charge in [0, 0.05) is 24.7 Å². The fraction of sp³-hybridized carbons (Fsp3) is 0.556. The number of aromatic nitrogens is 1. The third kappa shape index (κ3) is 2.10. The molecule has 15 heavy (non-hydrogen) atoms. The van der Waals surface area contributed by atoms with E-state index in [0.29, 0.717) is 19.5 Å². The number of rotatable bonds is 1. The molecule has 82 valence electrons. The van der Waals surface area contributed by atoms with Crippen LogP contribution in [0.5, 0.6) is 0 Å².